The van der Waals surface area contributed by atoms with E-state index in [0.717, 1.165) is 29.1 Å². The van der Waals surface area contributed by atoms with Crippen LogP contribution in [0.4, 0.5) is 0 Å². The normalized spacial score (nSPS) is 12.0. The van der Waals surface area contributed by atoms with Crippen LogP contribution in [0.3, 0.4) is 0 Å². The fraction of sp³-hybridized carbons (Fsp3) is 0.381. The van der Waals surface area contributed by atoms with Gasteiger partial charge in [-0.25, -0.2) is 0 Å². The van der Waals surface area contributed by atoms with Crippen molar-refractivity contribution < 1.29 is 14.1 Å². The molecular formula is C21H26N4O3. The Labute approximate surface area is 164 Å². The number of benzene rings is 1. The van der Waals surface area contributed by atoms with E-state index in [1.54, 1.807) is 6.92 Å². The summed E-state index contributed by atoms with van der Waals surface area (Å²) in [4.78, 5) is 12.7. The highest BCUT2D eigenvalue weighted by molar-refractivity contribution is 5.94. The molecule has 0 aliphatic heterocycles. The number of hydrogen-bond donors (Lipinski definition) is 1. The lowest BCUT2D eigenvalue weighted by atomic mass is 10.1. The molecule has 1 N–H and O–H groups in total. The van der Waals surface area contributed by atoms with Crippen LogP contribution in [-0.2, 0) is 13.2 Å². The Morgan fingerprint density at radius 1 is 1.29 bits per heavy atom. The molecule has 3 rings (SSSR count). The van der Waals surface area contributed by atoms with Crippen LogP contribution in [0.1, 0.15) is 58.5 Å². The van der Waals surface area contributed by atoms with Gasteiger partial charge < -0.3 is 14.6 Å². The standard InChI is InChI=1S/C21H26N4O3/c1-6-25-11-10-18(23-25)15(4)22-21(26)20-17(16(5)28-24-20)12-27-19-9-7-8-13(2)14(19)3/h7-11,15H,6,12H2,1-5H3,(H,22,26). The predicted octanol–water partition coefficient (Wildman–Crippen LogP) is 3.89. The highest BCUT2D eigenvalue weighted by Crippen LogP contribution is 2.23. The molecule has 2 aromatic heterocycles. The quantitative estimate of drug-likeness (QED) is 0.670. The third-order valence-electron chi connectivity index (χ3n) is 4.90. The Kier molecular flexibility index (Phi) is 5.82. The van der Waals surface area contributed by atoms with Crippen molar-refractivity contribution in [3.63, 3.8) is 0 Å². The number of carbonyl (C=O) groups is 1. The Morgan fingerprint density at radius 3 is 2.79 bits per heavy atom. The van der Waals surface area contributed by atoms with Crippen LogP contribution in [0.25, 0.3) is 0 Å². The SMILES string of the molecule is CCn1ccc(C(C)NC(=O)c2noc(C)c2COc2cccc(C)c2C)n1. The molecule has 28 heavy (non-hydrogen) atoms. The van der Waals surface area contributed by atoms with Gasteiger partial charge in [0.05, 0.1) is 17.3 Å². The summed E-state index contributed by atoms with van der Waals surface area (Å²) < 4.78 is 13.0. The fourth-order valence-corrected chi connectivity index (χ4v) is 2.89. The molecule has 7 heteroatoms. The van der Waals surface area contributed by atoms with Crippen LogP contribution in [0.5, 0.6) is 5.75 Å². The monoisotopic (exact) mass is 382 g/mol. The second kappa shape index (κ2) is 8.29. The summed E-state index contributed by atoms with van der Waals surface area (Å²) >= 11 is 0. The molecule has 148 valence electrons. The molecular weight excluding hydrogens is 356 g/mol. The Morgan fingerprint density at radius 2 is 2.07 bits per heavy atom. The van der Waals surface area contributed by atoms with Gasteiger partial charge >= 0.3 is 0 Å². The van der Waals surface area contributed by atoms with Gasteiger partial charge in [0, 0.05) is 12.7 Å². The van der Waals surface area contributed by atoms with E-state index >= 15 is 0 Å². The maximum Gasteiger partial charge on any atom is 0.274 e. The van der Waals surface area contributed by atoms with Crippen molar-refractivity contribution >= 4 is 5.91 Å². The summed E-state index contributed by atoms with van der Waals surface area (Å²) in [6.45, 7) is 10.7. The molecule has 0 fully saturated rings. The van der Waals surface area contributed by atoms with Crippen LogP contribution in [0.15, 0.2) is 35.0 Å². The molecule has 0 saturated heterocycles. The van der Waals surface area contributed by atoms with Crippen LogP contribution in [-0.4, -0.2) is 20.8 Å². The largest absolute Gasteiger partial charge is 0.488 e. The molecule has 1 amide bonds. The van der Waals surface area contributed by atoms with Gasteiger partial charge in [-0.15, -0.1) is 0 Å². The molecule has 0 aliphatic rings. The first-order valence-electron chi connectivity index (χ1n) is 9.39. The number of rotatable bonds is 7. The van der Waals surface area contributed by atoms with Gasteiger partial charge in [0.15, 0.2) is 5.69 Å². The van der Waals surface area contributed by atoms with Gasteiger partial charge in [-0.3, -0.25) is 9.48 Å². The first-order valence-corrected chi connectivity index (χ1v) is 9.39. The average molecular weight is 382 g/mol. The van der Waals surface area contributed by atoms with Gasteiger partial charge in [0.1, 0.15) is 18.1 Å². The van der Waals surface area contributed by atoms with Crippen molar-refractivity contribution in [2.75, 3.05) is 0 Å². The van der Waals surface area contributed by atoms with Crippen molar-refractivity contribution in [3.05, 3.63) is 64.3 Å². The molecule has 7 nitrogen and oxygen atoms in total. The summed E-state index contributed by atoms with van der Waals surface area (Å²) in [7, 11) is 0. The second-order valence-corrected chi connectivity index (χ2v) is 6.84. The van der Waals surface area contributed by atoms with E-state index in [-0.39, 0.29) is 24.2 Å². The maximum absolute atomic E-state index is 12.7. The number of amides is 1. The third kappa shape index (κ3) is 4.08. The van der Waals surface area contributed by atoms with Crippen LogP contribution < -0.4 is 10.1 Å². The van der Waals surface area contributed by atoms with Crippen molar-refractivity contribution in [2.45, 2.75) is 53.8 Å². The molecule has 0 bridgehead atoms. The fourth-order valence-electron chi connectivity index (χ4n) is 2.89. The zero-order valence-corrected chi connectivity index (χ0v) is 16.9. The molecule has 0 radical (unpaired) electrons. The Bertz CT molecular complexity index is 974. The van der Waals surface area contributed by atoms with Crippen LogP contribution in [0, 0.1) is 20.8 Å². The number of aryl methyl sites for hydroxylation is 3. The molecule has 2 heterocycles. The van der Waals surface area contributed by atoms with Gasteiger partial charge in [0.25, 0.3) is 5.91 Å². The second-order valence-electron chi connectivity index (χ2n) is 6.84. The first-order chi connectivity index (χ1) is 13.4. The molecule has 0 saturated carbocycles. The molecule has 1 atom stereocenters. The Hall–Kier alpha value is -3.09. The molecule has 0 aliphatic carbocycles. The summed E-state index contributed by atoms with van der Waals surface area (Å²) in [5.74, 6) is 1.04. The molecule has 1 aromatic carbocycles. The van der Waals surface area contributed by atoms with Crippen LogP contribution >= 0.6 is 0 Å². The van der Waals surface area contributed by atoms with E-state index in [2.05, 4.69) is 15.6 Å². The van der Waals surface area contributed by atoms with E-state index in [1.807, 2.05) is 62.8 Å². The zero-order valence-electron chi connectivity index (χ0n) is 16.9. The van der Waals surface area contributed by atoms with Crippen LogP contribution in [0.2, 0.25) is 0 Å². The van der Waals surface area contributed by atoms with Gasteiger partial charge in [-0.1, -0.05) is 17.3 Å². The minimum Gasteiger partial charge on any atom is -0.488 e. The summed E-state index contributed by atoms with van der Waals surface area (Å²) in [6.07, 6.45) is 1.89. The van der Waals surface area contributed by atoms with Gasteiger partial charge in [-0.05, 0) is 57.9 Å². The minimum atomic E-state index is -0.310. The smallest absolute Gasteiger partial charge is 0.274 e. The average Bonchev–Trinajstić information content (AvgIpc) is 3.30. The molecule has 1 unspecified atom stereocenters. The van der Waals surface area contributed by atoms with E-state index < -0.39 is 0 Å². The lowest BCUT2D eigenvalue weighted by Crippen LogP contribution is -2.28. The third-order valence-corrected chi connectivity index (χ3v) is 4.90. The zero-order chi connectivity index (χ0) is 20.3. The summed E-state index contributed by atoms with van der Waals surface area (Å²) in [5, 5.41) is 11.3. The Balaban J connectivity index is 1.72. The topological polar surface area (TPSA) is 82.2 Å². The van der Waals surface area contributed by atoms with Crippen molar-refractivity contribution in [1.82, 2.24) is 20.3 Å². The van der Waals surface area contributed by atoms with Crippen molar-refractivity contribution in [2.24, 2.45) is 0 Å². The molecule has 0 spiro atoms. The summed E-state index contributed by atoms with van der Waals surface area (Å²) in [5.41, 5.74) is 3.90. The highest BCUT2D eigenvalue weighted by Gasteiger charge is 2.23. The number of aromatic nitrogens is 3. The van der Waals surface area contributed by atoms with Gasteiger partial charge in [0.2, 0.25) is 0 Å². The summed E-state index contributed by atoms with van der Waals surface area (Å²) in [6, 6.07) is 7.55. The van der Waals surface area contributed by atoms with E-state index in [9.17, 15) is 4.79 Å². The highest BCUT2D eigenvalue weighted by atomic mass is 16.5. The molecule has 3 aromatic rings. The number of hydrogen-bond acceptors (Lipinski definition) is 5. The van der Waals surface area contributed by atoms with Crippen molar-refractivity contribution in [3.8, 4) is 5.75 Å². The van der Waals surface area contributed by atoms with Crippen molar-refractivity contribution in [1.29, 1.82) is 0 Å². The minimum absolute atomic E-state index is 0.210. The van der Waals surface area contributed by atoms with Gasteiger partial charge in [-0.2, -0.15) is 5.10 Å². The maximum atomic E-state index is 12.7. The first kappa shape index (κ1) is 19.7. The lowest BCUT2D eigenvalue weighted by Gasteiger charge is -2.13. The number of nitrogens with one attached hydrogen (secondary N) is 1. The predicted molar refractivity (Wildman–Crippen MR) is 105 cm³/mol. The van der Waals surface area contributed by atoms with E-state index in [4.69, 9.17) is 9.26 Å². The lowest BCUT2D eigenvalue weighted by molar-refractivity contribution is 0.0927. The number of carbonyl (C=O) groups excluding carboxylic acids is 1. The van der Waals surface area contributed by atoms with E-state index in [1.165, 1.54) is 0 Å². The van der Waals surface area contributed by atoms with E-state index in [0.29, 0.717) is 11.3 Å². The number of ether oxygens (including phenoxy) is 1. The number of nitrogens with zero attached hydrogens (tertiary/aromatic N) is 3.